The molecule has 1 aromatic rings. The predicted molar refractivity (Wildman–Crippen MR) is 250 cm³/mol. The van der Waals surface area contributed by atoms with Crippen molar-refractivity contribution in [3.05, 3.63) is 18.7 Å². The first-order valence-electron chi connectivity index (χ1n) is 25.6. The molecule has 9 heteroatoms. The number of aromatic nitrogens is 2. The Bertz CT molecular complexity index is 1020. The molecule has 0 bridgehead atoms. The van der Waals surface area contributed by atoms with Gasteiger partial charge in [-0.15, -0.1) is 0 Å². The Kier molecular flexibility index (Phi) is 37.2. The minimum Gasteiger partial charge on any atom is -0.465 e. The quantitative estimate of drug-likeness (QED) is 0.0493. The normalized spacial score (nSPS) is 14.3. The molecular formula is C51H97N3O6. The summed E-state index contributed by atoms with van der Waals surface area (Å²) in [5, 5.41) is 22.2. The Morgan fingerprint density at radius 2 is 0.900 bits per heavy atom. The van der Waals surface area contributed by atoms with Gasteiger partial charge in [0.05, 0.1) is 43.6 Å². The minimum absolute atomic E-state index is 0.00974. The number of esters is 2. The fourth-order valence-electron chi connectivity index (χ4n) is 8.37. The van der Waals surface area contributed by atoms with Crippen molar-refractivity contribution in [2.45, 2.75) is 252 Å². The Labute approximate surface area is 369 Å². The first kappa shape index (κ1) is 56.0. The van der Waals surface area contributed by atoms with Crippen LogP contribution in [-0.2, 0) is 19.1 Å². The summed E-state index contributed by atoms with van der Waals surface area (Å²) in [6.45, 7) is 13.6. The Balaban J connectivity index is 2.56. The summed E-state index contributed by atoms with van der Waals surface area (Å²) in [5.74, 6) is -0.0427. The van der Waals surface area contributed by atoms with Gasteiger partial charge < -0.3 is 24.3 Å². The number of hydrogen-bond donors (Lipinski definition) is 2. The van der Waals surface area contributed by atoms with Gasteiger partial charge in [0.15, 0.2) is 0 Å². The van der Waals surface area contributed by atoms with Crippen LogP contribution in [0.4, 0.5) is 0 Å². The molecule has 60 heavy (non-hydrogen) atoms. The number of hydrogen-bond acceptors (Lipinski definition) is 8. The number of rotatable bonds is 44. The summed E-state index contributed by atoms with van der Waals surface area (Å²) in [6, 6.07) is 0.252. The van der Waals surface area contributed by atoms with E-state index in [1.807, 2.05) is 12.5 Å². The van der Waals surface area contributed by atoms with Gasteiger partial charge in [0.25, 0.3) is 0 Å². The van der Waals surface area contributed by atoms with Gasteiger partial charge in [-0.1, -0.05) is 156 Å². The second-order valence-corrected chi connectivity index (χ2v) is 18.2. The molecule has 0 saturated heterocycles. The second-order valence-electron chi connectivity index (χ2n) is 18.2. The van der Waals surface area contributed by atoms with Crippen LogP contribution in [0.1, 0.15) is 240 Å². The van der Waals surface area contributed by atoms with Crippen LogP contribution in [0.2, 0.25) is 0 Å². The maximum absolute atomic E-state index is 13.1. The summed E-state index contributed by atoms with van der Waals surface area (Å²) < 4.78 is 13.7. The number of aliphatic hydroxyl groups is 2. The average molecular weight is 848 g/mol. The highest BCUT2D eigenvalue weighted by Crippen LogP contribution is 2.23. The molecule has 0 radical (unpaired) electrons. The average Bonchev–Trinajstić information content (AvgIpc) is 3.79. The lowest BCUT2D eigenvalue weighted by atomic mass is 9.94. The lowest BCUT2D eigenvalue weighted by Gasteiger charge is -2.28. The van der Waals surface area contributed by atoms with E-state index in [4.69, 9.17) is 9.47 Å². The van der Waals surface area contributed by atoms with Gasteiger partial charge in [0, 0.05) is 38.1 Å². The molecule has 2 N–H and O–H groups in total. The fourth-order valence-corrected chi connectivity index (χ4v) is 8.37. The highest BCUT2D eigenvalue weighted by atomic mass is 16.5. The van der Waals surface area contributed by atoms with Gasteiger partial charge in [-0.05, 0) is 77.6 Å². The van der Waals surface area contributed by atoms with E-state index < -0.39 is 12.2 Å². The number of nitrogens with zero attached hydrogens (tertiary/aromatic N) is 3. The molecule has 0 aromatic carbocycles. The van der Waals surface area contributed by atoms with Crippen molar-refractivity contribution in [1.82, 2.24) is 14.5 Å². The highest BCUT2D eigenvalue weighted by Gasteiger charge is 2.22. The van der Waals surface area contributed by atoms with Crippen molar-refractivity contribution in [1.29, 1.82) is 0 Å². The standard InChI is InChI=1S/C51H97N3O6/c1-6-10-14-18-20-24-32-46(30-22-16-12-8-3)50(57)59-40-28-26-34-48(55)42-53(38-36-45(5)54-39-37-52-44-54)43-49(56)35-27-29-41-60-51(58)47(31-23-17-13-9-4)33-25-21-19-15-11-7-2/h37,39,44-49,55-56H,6-36,38,40-43H2,1-5H3. The van der Waals surface area contributed by atoms with Crippen molar-refractivity contribution < 1.29 is 29.3 Å². The van der Waals surface area contributed by atoms with Gasteiger partial charge in [-0.2, -0.15) is 0 Å². The van der Waals surface area contributed by atoms with E-state index in [0.717, 1.165) is 90.0 Å². The summed E-state index contributed by atoms with van der Waals surface area (Å²) in [5.41, 5.74) is 0. The van der Waals surface area contributed by atoms with Crippen LogP contribution >= 0.6 is 0 Å². The van der Waals surface area contributed by atoms with Crippen molar-refractivity contribution in [2.24, 2.45) is 11.8 Å². The van der Waals surface area contributed by atoms with E-state index in [-0.39, 0.29) is 29.8 Å². The first-order chi connectivity index (χ1) is 29.2. The highest BCUT2D eigenvalue weighted by molar-refractivity contribution is 5.72. The van der Waals surface area contributed by atoms with Crippen LogP contribution in [0.5, 0.6) is 0 Å². The molecule has 0 amide bonds. The molecule has 1 aromatic heterocycles. The lowest BCUT2D eigenvalue weighted by molar-refractivity contribution is -0.150. The third-order valence-electron chi connectivity index (χ3n) is 12.5. The third kappa shape index (κ3) is 31.0. The zero-order valence-corrected chi connectivity index (χ0v) is 39.9. The molecule has 9 nitrogen and oxygen atoms in total. The molecular weight excluding hydrogens is 751 g/mol. The zero-order chi connectivity index (χ0) is 43.9. The molecule has 0 spiro atoms. The summed E-state index contributed by atoms with van der Waals surface area (Å²) in [6.07, 6.45) is 37.6. The largest absolute Gasteiger partial charge is 0.465 e. The fraction of sp³-hybridized carbons (Fsp3) is 0.902. The van der Waals surface area contributed by atoms with Crippen LogP contribution < -0.4 is 0 Å². The maximum Gasteiger partial charge on any atom is 0.308 e. The third-order valence-corrected chi connectivity index (χ3v) is 12.5. The Morgan fingerprint density at radius 1 is 0.533 bits per heavy atom. The van der Waals surface area contributed by atoms with Gasteiger partial charge in [0.2, 0.25) is 0 Å². The van der Waals surface area contributed by atoms with E-state index in [9.17, 15) is 19.8 Å². The zero-order valence-electron chi connectivity index (χ0n) is 39.9. The van der Waals surface area contributed by atoms with Gasteiger partial charge >= 0.3 is 11.9 Å². The summed E-state index contributed by atoms with van der Waals surface area (Å²) in [4.78, 5) is 32.6. The molecule has 0 aliphatic carbocycles. The van der Waals surface area contributed by atoms with Crippen molar-refractivity contribution in [2.75, 3.05) is 32.8 Å². The molecule has 1 heterocycles. The van der Waals surface area contributed by atoms with E-state index in [2.05, 4.69) is 49.1 Å². The number of unbranched alkanes of at least 4 members (excludes halogenated alkanes) is 18. The van der Waals surface area contributed by atoms with Crippen molar-refractivity contribution >= 4 is 11.9 Å². The van der Waals surface area contributed by atoms with Crippen LogP contribution in [-0.4, -0.2) is 81.7 Å². The van der Waals surface area contributed by atoms with Crippen LogP contribution in [0, 0.1) is 11.8 Å². The van der Waals surface area contributed by atoms with Crippen molar-refractivity contribution in [3.8, 4) is 0 Å². The second kappa shape index (κ2) is 39.8. The number of carbonyl (C=O) groups excluding carboxylic acids is 2. The Hall–Kier alpha value is -1.97. The van der Waals surface area contributed by atoms with Gasteiger partial charge in [-0.3, -0.25) is 14.5 Å². The SMILES string of the molecule is CCCCCCCCC(CCCCCC)C(=O)OCCCCC(O)CN(CCC(C)n1ccnc1)CC(O)CCCCOC(=O)C(CCCCCC)CCCCCCCC. The molecule has 5 atom stereocenters. The smallest absolute Gasteiger partial charge is 0.308 e. The summed E-state index contributed by atoms with van der Waals surface area (Å²) >= 11 is 0. The van der Waals surface area contributed by atoms with E-state index in [1.54, 1.807) is 6.20 Å². The topological polar surface area (TPSA) is 114 Å². The van der Waals surface area contributed by atoms with Crippen LogP contribution in [0.15, 0.2) is 18.7 Å². The predicted octanol–water partition coefficient (Wildman–Crippen LogP) is 13.0. The van der Waals surface area contributed by atoms with E-state index >= 15 is 0 Å². The number of carbonyl (C=O) groups is 2. The first-order valence-corrected chi connectivity index (χ1v) is 25.6. The molecule has 5 unspecified atom stereocenters. The van der Waals surface area contributed by atoms with E-state index in [0.29, 0.717) is 39.1 Å². The summed E-state index contributed by atoms with van der Waals surface area (Å²) in [7, 11) is 0. The van der Waals surface area contributed by atoms with Crippen LogP contribution in [0.25, 0.3) is 0 Å². The molecule has 1 rings (SSSR count). The molecule has 0 aliphatic rings. The Morgan fingerprint density at radius 3 is 1.28 bits per heavy atom. The van der Waals surface area contributed by atoms with E-state index in [1.165, 1.54) is 103 Å². The molecule has 0 fully saturated rings. The lowest BCUT2D eigenvalue weighted by Crippen LogP contribution is -2.39. The van der Waals surface area contributed by atoms with Crippen LogP contribution in [0.3, 0.4) is 0 Å². The van der Waals surface area contributed by atoms with Crippen molar-refractivity contribution in [3.63, 3.8) is 0 Å². The molecule has 0 saturated carbocycles. The number of ether oxygens (including phenoxy) is 2. The van der Waals surface area contributed by atoms with Gasteiger partial charge in [0.1, 0.15) is 0 Å². The minimum atomic E-state index is -0.527. The molecule has 352 valence electrons. The number of imidazole rings is 1. The monoisotopic (exact) mass is 848 g/mol. The molecule has 0 aliphatic heterocycles. The number of aliphatic hydroxyl groups excluding tert-OH is 2. The maximum atomic E-state index is 13.1. The van der Waals surface area contributed by atoms with Gasteiger partial charge in [-0.25, -0.2) is 4.98 Å².